The van der Waals surface area contributed by atoms with Crippen molar-refractivity contribution >= 4 is 17.7 Å². The van der Waals surface area contributed by atoms with E-state index in [-0.39, 0.29) is 24.1 Å². The number of halogens is 3. The summed E-state index contributed by atoms with van der Waals surface area (Å²) in [7, 11) is 0. The van der Waals surface area contributed by atoms with Crippen molar-refractivity contribution in [2.75, 3.05) is 18.9 Å². The molecule has 1 unspecified atom stereocenters. The van der Waals surface area contributed by atoms with Crippen LogP contribution in [0.4, 0.5) is 13.2 Å². The second-order valence-corrected chi connectivity index (χ2v) is 7.34. The molecule has 4 nitrogen and oxygen atoms in total. The number of alkyl halides is 3. The molecule has 1 saturated carbocycles. The molecule has 0 spiro atoms. The number of carbonyl (C=O) groups excluding carboxylic acids is 1. The van der Waals surface area contributed by atoms with Crippen molar-refractivity contribution in [3.8, 4) is 0 Å². The van der Waals surface area contributed by atoms with Crippen LogP contribution < -0.4 is 0 Å². The van der Waals surface area contributed by atoms with Gasteiger partial charge in [-0.1, -0.05) is 0 Å². The van der Waals surface area contributed by atoms with E-state index in [1.165, 1.54) is 6.26 Å². The first-order chi connectivity index (χ1) is 10.4. The Morgan fingerprint density at radius 2 is 2.18 bits per heavy atom. The van der Waals surface area contributed by atoms with Crippen molar-refractivity contribution in [1.82, 2.24) is 4.90 Å². The second-order valence-electron chi connectivity index (χ2n) is 6.15. The highest BCUT2D eigenvalue weighted by Crippen LogP contribution is 2.65. The van der Waals surface area contributed by atoms with Gasteiger partial charge in [0.2, 0.25) is 0 Å². The molecule has 8 heteroatoms. The number of rotatable bonds is 2. The molecular weight excluding hydrogens is 319 g/mol. The van der Waals surface area contributed by atoms with Crippen molar-refractivity contribution in [3.05, 3.63) is 24.2 Å². The minimum Gasteiger partial charge on any atom is -0.466 e. The van der Waals surface area contributed by atoms with Gasteiger partial charge in [0.15, 0.2) is 0 Å². The lowest BCUT2D eigenvalue weighted by Crippen LogP contribution is -2.59. The molecule has 1 aliphatic carbocycles. The first-order valence-corrected chi connectivity index (χ1v) is 8.09. The molecule has 1 atom stereocenters. The fraction of sp³-hybridized carbons (Fsp3) is 0.643. The summed E-state index contributed by atoms with van der Waals surface area (Å²) in [6.07, 6.45) is -3.30. The maximum absolute atomic E-state index is 13.1. The molecule has 1 aromatic heterocycles. The average molecular weight is 333 g/mol. The summed E-state index contributed by atoms with van der Waals surface area (Å²) in [6.45, 7) is 0.0909. The van der Waals surface area contributed by atoms with Gasteiger partial charge in [0.05, 0.1) is 18.3 Å². The van der Waals surface area contributed by atoms with Crippen molar-refractivity contribution < 1.29 is 27.1 Å². The van der Waals surface area contributed by atoms with Gasteiger partial charge in [-0.15, -0.1) is 11.8 Å². The maximum atomic E-state index is 13.1. The highest BCUT2D eigenvalue weighted by molar-refractivity contribution is 7.99. The van der Waals surface area contributed by atoms with E-state index in [2.05, 4.69) is 0 Å². The van der Waals surface area contributed by atoms with Crippen molar-refractivity contribution in [1.29, 1.82) is 0 Å². The van der Waals surface area contributed by atoms with Crippen LogP contribution in [0.3, 0.4) is 0 Å². The number of thioether (sulfide) groups is 1. The molecule has 1 aromatic rings. The summed E-state index contributed by atoms with van der Waals surface area (Å²) in [6, 6.07) is 3.51. The van der Waals surface area contributed by atoms with E-state index in [1.54, 1.807) is 28.8 Å². The Hall–Kier alpha value is -1.15. The van der Waals surface area contributed by atoms with Crippen LogP contribution in [0.25, 0.3) is 0 Å². The monoisotopic (exact) mass is 333 g/mol. The van der Waals surface area contributed by atoms with E-state index >= 15 is 0 Å². The van der Waals surface area contributed by atoms with Gasteiger partial charge in [0.1, 0.15) is 16.7 Å². The lowest BCUT2D eigenvalue weighted by atomic mass is 9.61. The highest BCUT2D eigenvalue weighted by Gasteiger charge is 2.76. The van der Waals surface area contributed by atoms with Gasteiger partial charge in [-0.25, -0.2) is 0 Å². The minimum absolute atomic E-state index is 0.256. The zero-order chi connectivity index (χ0) is 15.6. The highest BCUT2D eigenvalue weighted by atomic mass is 32.2. The van der Waals surface area contributed by atoms with E-state index in [4.69, 9.17) is 9.15 Å². The number of ether oxygens (including phenoxy) is 1. The number of furan rings is 1. The molecular formula is C14H14F3NO3S. The van der Waals surface area contributed by atoms with Gasteiger partial charge in [-0.05, 0) is 12.1 Å². The number of hydrogen-bond acceptors (Lipinski definition) is 4. The summed E-state index contributed by atoms with van der Waals surface area (Å²) < 4.78 is 49.9. The molecule has 3 aliphatic heterocycles. The predicted molar refractivity (Wildman–Crippen MR) is 72.0 cm³/mol. The van der Waals surface area contributed by atoms with Crippen LogP contribution in [0.15, 0.2) is 22.8 Å². The van der Waals surface area contributed by atoms with Crippen LogP contribution in [-0.2, 0) is 9.53 Å². The molecule has 120 valence electrons. The topological polar surface area (TPSA) is 42.7 Å². The normalized spacial score (nSPS) is 37.4. The smallest absolute Gasteiger partial charge is 0.396 e. The minimum atomic E-state index is -4.31. The average Bonchev–Trinajstić information content (AvgIpc) is 3.18. The lowest BCUT2D eigenvalue weighted by molar-refractivity contribution is -0.243. The number of nitrogens with zero attached hydrogens (tertiary/aromatic N) is 1. The van der Waals surface area contributed by atoms with Crippen LogP contribution in [0.2, 0.25) is 0 Å². The molecule has 4 fully saturated rings. The van der Waals surface area contributed by atoms with Crippen LogP contribution in [0.5, 0.6) is 0 Å². The fourth-order valence-electron chi connectivity index (χ4n) is 3.62. The quantitative estimate of drug-likeness (QED) is 0.834. The van der Waals surface area contributed by atoms with Crippen molar-refractivity contribution in [2.24, 2.45) is 5.41 Å². The second kappa shape index (κ2) is 4.44. The standard InChI is InChI=1S/C14H14F3NO3S/c15-14(16,17)12-6-13(7-12,21-8-12)11(19)18-3-5-22-10(18)9-2-1-4-20-9/h1-2,4,10H,3,5-8H2. The third kappa shape index (κ3) is 1.79. The van der Waals surface area contributed by atoms with Gasteiger partial charge >= 0.3 is 6.18 Å². The molecule has 4 aliphatic rings. The zero-order valence-electron chi connectivity index (χ0n) is 11.6. The van der Waals surface area contributed by atoms with Crippen LogP contribution in [-0.4, -0.2) is 41.5 Å². The Morgan fingerprint density at radius 1 is 1.41 bits per heavy atom. The third-order valence-corrected chi connectivity index (χ3v) is 6.02. The Bertz CT molecular complexity index is 595. The molecule has 2 bridgehead atoms. The first-order valence-electron chi connectivity index (χ1n) is 7.04. The lowest BCUT2D eigenvalue weighted by Gasteiger charge is -2.45. The molecule has 0 aromatic carbocycles. The molecule has 22 heavy (non-hydrogen) atoms. The zero-order valence-corrected chi connectivity index (χ0v) is 12.4. The number of amides is 1. The summed E-state index contributed by atoms with van der Waals surface area (Å²) in [5.41, 5.74) is -3.11. The summed E-state index contributed by atoms with van der Waals surface area (Å²) in [5, 5.41) is -0.276. The number of fused-ring (bicyclic) bond motifs is 1. The van der Waals surface area contributed by atoms with Crippen molar-refractivity contribution in [3.63, 3.8) is 0 Å². The first kappa shape index (κ1) is 14.4. The Labute approximate surface area is 129 Å². The van der Waals surface area contributed by atoms with Gasteiger partial charge in [-0.3, -0.25) is 4.79 Å². The molecule has 4 heterocycles. The van der Waals surface area contributed by atoms with Crippen LogP contribution >= 0.6 is 11.8 Å². The summed E-state index contributed by atoms with van der Waals surface area (Å²) in [5.74, 6) is 1.04. The van der Waals surface area contributed by atoms with E-state index < -0.39 is 23.8 Å². The fourth-order valence-corrected chi connectivity index (χ4v) is 4.83. The molecule has 3 saturated heterocycles. The summed E-state index contributed by atoms with van der Waals surface area (Å²) >= 11 is 1.55. The van der Waals surface area contributed by atoms with Gasteiger partial charge in [0, 0.05) is 25.1 Å². The molecule has 1 amide bonds. The van der Waals surface area contributed by atoms with Gasteiger partial charge < -0.3 is 14.1 Å². The van der Waals surface area contributed by atoms with E-state index in [9.17, 15) is 18.0 Å². The largest absolute Gasteiger partial charge is 0.466 e. The number of hydrogen-bond donors (Lipinski definition) is 0. The maximum Gasteiger partial charge on any atom is 0.396 e. The van der Waals surface area contributed by atoms with Crippen LogP contribution in [0.1, 0.15) is 24.0 Å². The third-order valence-electron chi connectivity index (χ3n) is 4.80. The predicted octanol–water partition coefficient (Wildman–Crippen LogP) is 2.97. The van der Waals surface area contributed by atoms with E-state index in [0.29, 0.717) is 12.3 Å². The Balaban J connectivity index is 1.54. The van der Waals surface area contributed by atoms with E-state index in [0.717, 1.165) is 5.75 Å². The SMILES string of the molecule is O=C(N1CCSC1c1ccco1)C12CC(C(F)(F)F)(CO1)C2. The molecule has 0 N–H and O–H groups in total. The molecule has 0 radical (unpaired) electrons. The Morgan fingerprint density at radius 3 is 2.77 bits per heavy atom. The molecule has 5 rings (SSSR count). The van der Waals surface area contributed by atoms with Crippen molar-refractivity contribution in [2.45, 2.75) is 30.0 Å². The van der Waals surface area contributed by atoms with Gasteiger partial charge in [-0.2, -0.15) is 13.2 Å². The van der Waals surface area contributed by atoms with E-state index in [1.807, 2.05) is 0 Å². The van der Waals surface area contributed by atoms with Crippen LogP contribution in [0, 0.1) is 5.41 Å². The summed E-state index contributed by atoms with van der Waals surface area (Å²) in [4.78, 5) is 14.4. The Kier molecular flexibility index (Phi) is 2.92. The number of carbonyl (C=O) groups is 1. The van der Waals surface area contributed by atoms with Gasteiger partial charge in [0.25, 0.3) is 5.91 Å².